The van der Waals surface area contributed by atoms with Crippen molar-refractivity contribution in [2.75, 3.05) is 0 Å². The van der Waals surface area contributed by atoms with E-state index in [9.17, 15) is 0 Å². The molecule has 0 aliphatic carbocycles. The fourth-order valence-corrected chi connectivity index (χ4v) is 4.20. The van der Waals surface area contributed by atoms with Crippen molar-refractivity contribution in [3.8, 4) is 0 Å². The lowest BCUT2D eigenvalue weighted by atomic mass is 10.1. The van der Waals surface area contributed by atoms with Gasteiger partial charge in [-0.05, 0) is 29.3 Å². The first-order valence-corrected chi connectivity index (χ1v) is 10.1. The zero-order valence-corrected chi connectivity index (χ0v) is 16.6. The number of fused-ring (bicyclic) bond motifs is 1. The van der Waals surface area contributed by atoms with Crippen LogP contribution in [0.4, 0.5) is 0 Å². The summed E-state index contributed by atoms with van der Waals surface area (Å²) in [6.45, 7) is 0. The number of aromatic amines is 1. The molecule has 0 amide bonds. The number of hydrogen-bond donors (Lipinski definition) is 2. The molecule has 0 aliphatic rings. The third kappa shape index (κ3) is 4.14. The van der Waals surface area contributed by atoms with Gasteiger partial charge in [0, 0.05) is 39.3 Å². The van der Waals surface area contributed by atoms with E-state index < -0.39 is 0 Å². The summed E-state index contributed by atoms with van der Waals surface area (Å²) in [6, 6.07) is 13.5. The van der Waals surface area contributed by atoms with Gasteiger partial charge in [-0.25, -0.2) is 0 Å². The van der Waals surface area contributed by atoms with E-state index in [4.69, 9.17) is 27.6 Å². The van der Waals surface area contributed by atoms with Gasteiger partial charge in [0.05, 0.1) is 0 Å². The molecule has 0 fully saturated rings. The van der Waals surface area contributed by atoms with Crippen LogP contribution in [0.3, 0.4) is 0 Å². The van der Waals surface area contributed by atoms with Gasteiger partial charge in [0.15, 0.2) is 6.04 Å². The van der Waals surface area contributed by atoms with Crippen LogP contribution in [0.25, 0.3) is 10.9 Å². The quantitative estimate of drug-likeness (QED) is 0.444. The fraction of sp³-hybridized carbons (Fsp3) is 0.158. The van der Waals surface area contributed by atoms with E-state index in [0.717, 1.165) is 17.5 Å². The number of halogens is 2. The normalized spacial score (nSPS) is 12.6. The standard InChI is InChI=1S/C19H16Cl2N4OS/c20-13-6-5-11(15(21)8-13)10-27-19-25-24-18(26-19)16(22)7-12-9-23-17-4-2-1-3-14(12)17/h1-6,8-9,16,23H,7,10,22H2/p+1/t16-/m0/s1. The summed E-state index contributed by atoms with van der Waals surface area (Å²) in [4.78, 5) is 3.28. The van der Waals surface area contributed by atoms with Crippen molar-refractivity contribution in [2.45, 2.75) is 23.4 Å². The Morgan fingerprint density at radius 1 is 1.11 bits per heavy atom. The number of nitrogens with zero attached hydrogens (tertiary/aromatic N) is 2. The van der Waals surface area contributed by atoms with Crippen LogP contribution in [-0.2, 0) is 12.2 Å². The zero-order valence-electron chi connectivity index (χ0n) is 14.3. The Hall–Kier alpha value is -1.99. The average molecular weight is 420 g/mol. The molecule has 1 atom stereocenters. The van der Waals surface area contributed by atoms with Gasteiger partial charge in [-0.3, -0.25) is 0 Å². The topological polar surface area (TPSA) is 82.4 Å². The molecule has 0 saturated carbocycles. The summed E-state index contributed by atoms with van der Waals surface area (Å²) >= 11 is 13.6. The first kappa shape index (κ1) is 18.4. The van der Waals surface area contributed by atoms with E-state index >= 15 is 0 Å². The number of H-pyrrole nitrogens is 1. The molecule has 4 N–H and O–H groups in total. The SMILES string of the molecule is [NH3+][C@@H](Cc1c[nH]c2ccccc12)c1nnc(SCc2ccc(Cl)cc2Cl)o1. The molecule has 4 rings (SSSR count). The van der Waals surface area contributed by atoms with Gasteiger partial charge >= 0.3 is 0 Å². The summed E-state index contributed by atoms with van der Waals surface area (Å²) in [5, 5.41) is 11.2. The molecular weight excluding hydrogens is 403 g/mol. The van der Waals surface area contributed by atoms with Gasteiger partial charge in [0.25, 0.3) is 11.1 Å². The predicted molar refractivity (Wildman–Crippen MR) is 108 cm³/mol. The van der Waals surface area contributed by atoms with Crippen LogP contribution >= 0.6 is 35.0 Å². The van der Waals surface area contributed by atoms with E-state index in [2.05, 4.69) is 33.0 Å². The molecule has 0 aliphatic heterocycles. The van der Waals surface area contributed by atoms with Crippen molar-refractivity contribution in [2.24, 2.45) is 0 Å². The Morgan fingerprint density at radius 3 is 2.81 bits per heavy atom. The van der Waals surface area contributed by atoms with Gasteiger partial charge < -0.3 is 15.1 Å². The first-order chi connectivity index (χ1) is 13.1. The number of aromatic nitrogens is 3. The first-order valence-electron chi connectivity index (χ1n) is 8.38. The molecule has 0 radical (unpaired) electrons. The molecule has 0 unspecified atom stereocenters. The van der Waals surface area contributed by atoms with Crippen molar-refractivity contribution >= 4 is 45.9 Å². The van der Waals surface area contributed by atoms with Crippen LogP contribution in [0, 0.1) is 0 Å². The summed E-state index contributed by atoms with van der Waals surface area (Å²) in [5.41, 5.74) is 7.46. The second-order valence-corrected chi connectivity index (χ2v) is 7.96. The maximum atomic E-state index is 6.20. The monoisotopic (exact) mass is 419 g/mol. The fourth-order valence-electron chi connectivity index (χ4n) is 2.88. The minimum atomic E-state index is -0.120. The lowest BCUT2D eigenvalue weighted by molar-refractivity contribution is -0.431. The Labute approximate surface area is 170 Å². The van der Waals surface area contributed by atoms with E-state index in [1.54, 1.807) is 6.07 Å². The number of para-hydroxylation sites is 1. The largest absolute Gasteiger partial charge is 0.410 e. The molecule has 27 heavy (non-hydrogen) atoms. The maximum absolute atomic E-state index is 6.20. The highest BCUT2D eigenvalue weighted by molar-refractivity contribution is 7.98. The number of nitrogens with one attached hydrogen (secondary N) is 1. The smallest absolute Gasteiger partial charge is 0.277 e. The highest BCUT2D eigenvalue weighted by atomic mass is 35.5. The second kappa shape index (κ2) is 7.94. The number of thioether (sulfide) groups is 1. The van der Waals surface area contributed by atoms with E-state index in [0.29, 0.717) is 26.9 Å². The number of quaternary nitrogens is 1. The number of rotatable bonds is 6. The van der Waals surface area contributed by atoms with E-state index in [-0.39, 0.29) is 6.04 Å². The molecule has 2 aromatic carbocycles. The zero-order chi connectivity index (χ0) is 18.8. The summed E-state index contributed by atoms with van der Waals surface area (Å²) in [5.74, 6) is 1.16. The van der Waals surface area contributed by atoms with Gasteiger partial charge in [0.2, 0.25) is 0 Å². The molecule has 8 heteroatoms. The Kier molecular flexibility index (Phi) is 5.41. The third-order valence-electron chi connectivity index (χ3n) is 4.28. The second-order valence-electron chi connectivity index (χ2n) is 6.19. The van der Waals surface area contributed by atoms with Crippen molar-refractivity contribution < 1.29 is 10.2 Å². The molecular formula is C19H17Cl2N4OS+. The van der Waals surface area contributed by atoms with Crippen LogP contribution in [0.1, 0.15) is 23.1 Å². The predicted octanol–water partition coefficient (Wildman–Crippen LogP) is 4.68. The molecule has 5 nitrogen and oxygen atoms in total. The average Bonchev–Trinajstić information content (AvgIpc) is 3.29. The Bertz CT molecular complexity index is 1080. The van der Waals surface area contributed by atoms with Crippen LogP contribution in [0.5, 0.6) is 0 Å². The summed E-state index contributed by atoms with van der Waals surface area (Å²) < 4.78 is 5.79. The van der Waals surface area contributed by atoms with Crippen molar-refractivity contribution in [3.05, 3.63) is 75.7 Å². The third-order valence-corrected chi connectivity index (χ3v) is 5.73. The van der Waals surface area contributed by atoms with Crippen LogP contribution in [-0.4, -0.2) is 15.2 Å². The van der Waals surface area contributed by atoms with Crippen molar-refractivity contribution in [3.63, 3.8) is 0 Å². The minimum Gasteiger partial charge on any atom is -0.410 e. The number of benzene rings is 2. The van der Waals surface area contributed by atoms with Crippen LogP contribution in [0.2, 0.25) is 10.0 Å². The van der Waals surface area contributed by atoms with Gasteiger partial charge in [-0.15, -0.1) is 10.2 Å². The van der Waals surface area contributed by atoms with Gasteiger partial charge in [0.1, 0.15) is 0 Å². The molecule has 2 aromatic heterocycles. The Balaban J connectivity index is 1.42. The molecule has 0 bridgehead atoms. The van der Waals surface area contributed by atoms with Crippen LogP contribution in [0.15, 0.2) is 58.3 Å². The summed E-state index contributed by atoms with van der Waals surface area (Å²) in [7, 11) is 0. The van der Waals surface area contributed by atoms with Crippen molar-refractivity contribution in [1.29, 1.82) is 0 Å². The molecule has 0 saturated heterocycles. The highest BCUT2D eigenvalue weighted by Crippen LogP contribution is 2.29. The Morgan fingerprint density at radius 2 is 1.96 bits per heavy atom. The van der Waals surface area contributed by atoms with Crippen molar-refractivity contribution in [1.82, 2.24) is 15.2 Å². The highest BCUT2D eigenvalue weighted by Gasteiger charge is 2.20. The molecule has 2 heterocycles. The van der Waals surface area contributed by atoms with E-state index in [1.807, 2.05) is 30.5 Å². The van der Waals surface area contributed by atoms with Gasteiger partial charge in [-0.1, -0.05) is 59.2 Å². The molecule has 138 valence electrons. The van der Waals surface area contributed by atoms with Gasteiger partial charge in [-0.2, -0.15) is 0 Å². The van der Waals surface area contributed by atoms with Crippen LogP contribution < -0.4 is 5.73 Å². The van der Waals surface area contributed by atoms with E-state index in [1.165, 1.54) is 22.7 Å². The lowest BCUT2D eigenvalue weighted by Gasteiger charge is -2.03. The maximum Gasteiger partial charge on any atom is 0.277 e. The molecule has 4 aromatic rings. The minimum absolute atomic E-state index is 0.120. The molecule has 0 spiro atoms. The lowest BCUT2D eigenvalue weighted by Crippen LogP contribution is -2.54. The number of hydrogen-bond acceptors (Lipinski definition) is 4. The summed E-state index contributed by atoms with van der Waals surface area (Å²) in [6.07, 6.45) is 2.73.